The first-order valence-corrected chi connectivity index (χ1v) is 6.95. The van der Waals surface area contributed by atoms with Crippen molar-refractivity contribution in [1.82, 2.24) is 9.78 Å². The number of nitrogens with one attached hydrogen (secondary N) is 1. The van der Waals surface area contributed by atoms with Gasteiger partial charge in [-0.1, -0.05) is 34.1 Å². The Kier molecular flexibility index (Phi) is 4.04. The molecule has 5 heteroatoms. The van der Waals surface area contributed by atoms with Gasteiger partial charge in [0, 0.05) is 23.8 Å². The third-order valence-electron chi connectivity index (χ3n) is 2.90. The summed E-state index contributed by atoms with van der Waals surface area (Å²) in [6, 6.07) is 7.75. The monoisotopic (exact) mass is 321 g/mol. The minimum absolute atomic E-state index is 0.133. The molecular formula is C14H16BrN3O. The Morgan fingerprint density at radius 3 is 2.68 bits per heavy atom. The van der Waals surface area contributed by atoms with Crippen LogP contribution in [0.3, 0.4) is 0 Å². The average Bonchev–Trinajstić information content (AvgIpc) is 2.69. The van der Waals surface area contributed by atoms with Crippen LogP contribution in [0.15, 0.2) is 30.5 Å². The van der Waals surface area contributed by atoms with Gasteiger partial charge in [-0.25, -0.2) is 0 Å². The zero-order valence-corrected chi connectivity index (χ0v) is 12.7. The maximum atomic E-state index is 12.2. The molecule has 1 N–H and O–H groups in total. The molecule has 19 heavy (non-hydrogen) atoms. The van der Waals surface area contributed by atoms with E-state index in [1.165, 1.54) is 0 Å². The van der Waals surface area contributed by atoms with E-state index < -0.39 is 0 Å². The van der Waals surface area contributed by atoms with Crippen LogP contribution in [0, 0.1) is 6.92 Å². The van der Waals surface area contributed by atoms with Crippen LogP contribution in [0.25, 0.3) is 0 Å². The Bertz CT molecular complexity index is 604. The molecule has 0 saturated carbocycles. The molecule has 4 nitrogen and oxygen atoms in total. The molecule has 0 aliphatic carbocycles. The van der Waals surface area contributed by atoms with Gasteiger partial charge in [0.1, 0.15) is 0 Å². The fourth-order valence-electron chi connectivity index (χ4n) is 1.97. The van der Waals surface area contributed by atoms with Crippen LogP contribution in [-0.4, -0.2) is 15.7 Å². The number of aryl methyl sites for hydroxylation is 2. The van der Waals surface area contributed by atoms with Crippen molar-refractivity contribution in [3.05, 3.63) is 47.3 Å². The van der Waals surface area contributed by atoms with Crippen molar-refractivity contribution in [2.75, 3.05) is 5.32 Å². The molecule has 1 aromatic carbocycles. The molecule has 0 fully saturated rings. The molecule has 0 aliphatic heterocycles. The smallest absolute Gasteiger partial charge is 0.259 e. The van der Waals surface area contributed by atoms with Crippen molar-refractivity contribution < 1.29 is 4.79 Å². The zero-order valence-electron chi connectivity index (χ0n) is 11.1. The van der Waals surface area contributed by atoms with Gasteiger partial charge in [-0.2, -0.15) is 5.10 Å². The molecule has 2 aromatic rings. The number of hydrogen-bond acceptors (Lipinski definition) is 2. The fraction of sp³-hybridized carbons (Fsp3) is 0.286. The first-order valence-electron chi connectivity index (χ1n) is 6.03. The molecule has 0 radical (unpaired) electrons. The largest absolute Gasteiger partial charge is 0.322 e. The minimum Gasteiger partial charge on any atom is -0.322 e. The number of halogens is 1. The summed E-state index contributed by atoms with van der Waals surface area (Å²) in [5, 5.41) is 7.12. The van der Waals surface area contributed by atoms with Gasteiger partial charge < -0.3 is 5.32 Å². The Balaban J connectivity index is 2.27. The number of rotatable bonds is 3. The van der Waals surface area contributed by atoms with Crippen molar-refractivity contribution in [2.24, 2.45) is 7.05 Å². The van der Waals surface area contributed by atoms with Crippen molar-refractivity contribution in [3.8, 4) is 0 Å². The van der Waals surface area contributed by atoms with Crippen LogP contribution in [-0.2, 0) is 7.05 Å². The highest BCUT2D eigenvalue weighted by molar-refractivity contribution is 9.09. The van der Waals surface area contributed by atoms with Crippen LogP contribution in [0.5, 0.6) is 0 Å². The van der Waals surface area contributed by atoms with Crippen LogP contribution >= 0.6 is 15.9 Å². The summed E-state index contributed by atoms with van der Waals surface area (Å²) >= 11 is 3.53. The molecule has 1 aromatic heterocycles. The summed E-state index contributed by atoms with van der Waals surface area (Å²) in [6.45, 7) is 3.86. The Labute approximate surface area is 120 Å². The summed E-state index contributed by atoms with van der Waals surface area (Å²) in [7, 11) is 1.80. The van der Waals surface area contributed by atoms with E-state index in [0.717, 1.165) is 16.9 Å². The van der Waals surface area contributed by atoms with Crippen LogP contribution in [0.1, 0.15) is 33.4 Å². The molecule has 0 aliphatic rings. The fourth-order valence-corrected chi connectivity index (χ4v) is 2.37. The van der Waals surface area contributed by atoms with Crippen LogP contribution in [0.4, 0.5) is 5.69 Å². The number of carbonyl (C=O) groups excluding carboxylic acids is 1. The van der Waals surface area contributed by atoms with E-state index in [2.05, 4.69) is 26.3 Å². The maximum Gasteiger partial charge on any atom is 0.259 e. The Morgan fingerprint density at radius 2 is 2.11 bits per heavy atom. The molecule has 1 heterocycles. The summed E-state index contributed by atoms with van der Waals surface area (Å²) in [4.78, 5) is 12.4. The third-order valence-corrected chi connectivity index (χ3v) is 3.39. The second kappa shape index (κ2) is 5.57. The summed E-state index contributed by atoms with van der Waals surface area (Å²) in [5.41, 5.74) is 3.20. The zero-order chi connectivity index (χ0) is 14.0. The van der Waals surface area contributed by atoms with Gasteiger partial charge in [-0.15, -0.1) is 0 Å². The van der Waals surface area contributed by atoms with E-state index in [4.69, 9.17) is 0 Å². The standard InChI is InChI=1S/C14H16BrN3O/c1-9(15)11-6-4-5-7-13(11)16-14(19)12-8-18(3)17-10(12)2/h4-9H,1-3H3,(H,16,19). The molecule has 100 valence electrons. The van der Waals surface area contributed by atoms with E-state index in [0.29, 0.717) is 5.56 Å². The van der Waals surface area contributed by atoms with Gasteiger partial charge in [0.25, 0.3) is 5.91 Å². The number of anilines is 1. The number of benzene rings is 1. The van der Waals surface area contributed by atoms with Crippen molar-refractivity contribution in [1.29, 1.82) is 0 Å². The molecule has 0 bridgehead atoms. The van der Waals surface area contributed by atoms with E-state index in [1.807, 2.05) is 38.1 Å². The third kappa shape index (κ3) is 3.04. The summed E-state index contributed by atoms with van der Waals surface area (Å²) in [5.74, 6) is -0.133. The SMILES string of the molecule is Cc1nn(C)cc1C(=O)Nc1ccccc1C(C)Br. The number of alkyl halides is 1. The van der Waals surface area contributed by atoms with E-state index >= 15 is 0 Å². The molecule has 0 saturated heterocycles. The lowest BCUT2D eigenvalue weighted by atomic mass is 10.1. The van der Waals surface area contributed by atoms with Crippen LogP contribution in [0.2, 0.25) is 0 Å². The van der Waals surface area contributed by atoms with Gasteiger partial charge in [0.05, 0.1) is 11.3 Å². The first-order chi connectivity index (χ1) is 8.99. The van der Waals surface area contributed by atoms with Gasteiger partial charge in [-0.3, -0.25) is 9.48 Å². The molecule has 1 amide bonds. The lowest BCUT2D eigenvalue weighted by molar-refractivity contribution is 0.102. The topological polar surface area (TPSA) is 46.9 Å². The number of hydrogen-bond donors (Lipinski definition) is 1. The van der Waals surface area contributed by atoms with Crippen LogP contribution < -0.4 is 5.32 Å². The van der Waals surface area contributed by atoms with Gasteiger partial charge in [-0.05, 0) is 25.5 Å². The number of aromatic nitrogens is 2. The number of para-hydroxylation sites is 1. The lowest BCUT2D eigenvalue weighted by Crippen LogP contribution is -2.13. The molecule has 2 rings (SSSR count). The molecule has 0 spiro atoms. The predicted molar refractivity (Wildman–Crippen MR) is 79.7 cm³/mol. The average molecular weight is 322 g/mol. The van der Waals surface area contributed by atoms with Crippen molar-refractivity contribution in [2.45, 2.75) is 18.7 Å². The number of nitrogens with zero attached hydrogens (tertiary/aromatic N) is 2. The second-order valence-electron chi connectivity index (χ2n) is 4.46. The summed E-state index contributed by atoms with van der Waals surface area (Å²) in [6.07, 6.45) is 1.73. The van der Waals surface area contributed by atoms with Gasteiger partial charge in [0.15, 0.2) is 0 Å². The quantitative estimate of drug-likeness (QED) is 0.880. The highest BCUT2D eigenvalue weighted by Gasteiger charge is 2.15. The minimum atomic E-state index is -0.133. The predicted octanol–water partition coefficient (Wildman–Crippen LogP) is 3.44. The molecule has 1 unspecified atom stereocenters. The van der Waals surface area contributed by atoms with Crippen molar-refractivity contribution >= 4 is 27.5 Å². The second-order valence-corrected chi connectivity index (χ2v) is 5.83. The van der Waals surface area contributed by atoms with E-state index in [1.54, 1.807) is 17.9 Å². The molecule has 1 atom stereocenters. The number of carbonyl (C=O) groups is 1. The maximum absolute atomic E-state index is 12.2. The van der Waals surface area contributed by atoms with Gasteiger partial charge >= 0.3 is 0 Å². The Morgan fingerprint density at radius 1 is 1.42 bits per heavy atom. The van der Waals surface area contributed by atoms with Crippen molar-refractivity contribution in [3.63, 3.8) is 0 Å². The number of amides is 1. The summed E-state index contributed by atoms with van der Waals surface area (Å²) < 4.78 is 1.64. The first kappa shape index (κ1) is 13.8. The Hall–Kier alpha value is -1.62. The van der Waals surface area contributed by atoms with E-state index in [-0.39, 0.29) is 10.7 Å². The normalized spacial score (nSPS) is 12.2. The highest BCUT2D eigenvalue weighted by atomic mass is 79.9. The highest BCUT2D eigenvalue weighted by Crippen LogP contribution is 2.28. The lowest BCUT2D eigenvalue weighted by Gasteiger charge is -2.12. The van der Waals surface area contributed by atoms with Gasteiger partial charge in [0.2, 0.25) is 0 Å². The van der Waals surface area contributed by atoms with E-state index in [9.17, 15) is 4.79 Å². The molecular weight excluding hydrogens is 306 g/mol.